The van der Waals surface area contributed by atoms with Crippen molar-refractivity contribution in [2.24, 2.45) is 0 Å². The van der Waals surface area contributed by atoms with Gasteiger partial charge in [0.05, 0.1) is 17.1 Å². The number of aliphatic carboxylic acids is 1. The number of carbonyl (C=O) groups is 2. The second-order valence-corrected chi connectivity index (χ2v) is 7.07. The summed E-state index contributed by atoms with van der Waals surface area (Å²) < 4.78 is 24.1. The fraction of sp³-hybridized carbons (Fsp3) is 0.429. The number of hydrogen-bond donors (Lipinski definition) is 1. The highest BCUT2D eigenvalue weighted by Gasteiger charge is 2.15. The third kappa shape index (κ3) is 5.65. The molecule has 0 aliphatic rings. The van der Waals surface area contributed by atoms with Crippen LogP contribution in [0.15, 0.2) is 29.2 Å². The van der Waals surface area contributed by atoms with E-state index in [1.54, 1.807) is 19.0 Å². The van der Waals surface area contributed by atoms with Gasteiger partial charge in [-0.3, -0.25) is 9.59 Å². The number of carbonyl (C=O) groups excluding carboxylic acids is 1. The second-order valence-electron chi connectivity index (χ2n) is 4.96. The second kappa shape index (κ2) is 7.33. The van der Waals surface area contributed by atoms with Crippen molar-refractivity contribution in [3.8, 4) is 0 Å². The predicted octanol–water partition coefficient (Wildman–Crippen LogP) is 1.07. The molecule has 0 amide bonds. The molecule has 0 fully saturated rings. The first-order valence-corrected chi connectivity index (χ1v) is 8.10. The summed E-state index contributed by atoms with van der Waals surface area (Å²) in [5, 5.41) is 8.53. The summed E-state index contributed by atoms with van der Waals surface area (Å²) in [6.07, 6.45) is -0.330. The van der Waals surface area contributed by atoms with E-state index < -0.39 is 15.8 Å². The molecule has 1 N–H and O–H groups in total. The van der Waals surface area contributed by atoms with Gasteiger partial charge in [0.2, 0.25) is 0 Å². The molecule has 0 aromatic heterocycles. The Balaban J connectivity index is 2.77. The molecule has 1 rings (SSSR count). The van der Waals surface area contributed by atoms with Gasteiger partial charge in [-0.25, -0.2) is 8.42 Å². The zero-order valence-electron chi connectivity index (χ0n) is 12.1. The van der Waals surface area contributed by atoms with Crippen molar-refractivity contribution in [1.29, 1.82) is 0 Å². The van der Waals surface area contributed by atoms with Crippen molar-refractivity contribution in [2.75, 3.05) is 26.4 Å². The van der Waals surface area contributed by atoms with Crippen LogP contribution in [0, 0.1) is 0 Å². The highest BCUT2D eigenvalue weighted by molar-refractivity contribution is 7.91. The zero-order chi connectivity index (χ0) is 16.0. The van der Waals surface area contributed by atoms with Crippen LogP contribution in [-0.4, -0.2) is 56.6 Å². The quantitative estimate of drug-likeness (QED) is 0.722. The van der Waals surface area contributed by atoms with Crippen LogP contribution in [0.1, 0.15) is 23.2 Å². The predicted molar refractivity (Wildman–Crippen MR) is 78.2 cm³/mol. The number of carboxylic acid groups (broad SMARTS) is 1. The normalized spacial score (nSPS) is 11.6. The van der Waals surface area contributed by atoms with Gasteiger partial charge in [-0.05, 0) is 26.2 Å². The first kappa shape index (κ1) is 17.3. The van der Waals surface area contributed by atoms with Gasteiger partial charge in [0.15, 0.2) is 15.6 Å². The van der Waals surface area contributed by atoms with Gasteiger partial charge < -0.3 is 10.0 Å². The summed E-state index contributed by atoms with van der Waals surface area (Å²) >= 11 is 0. The molecule has 1 aromatic rings. The van der Waals surface area contributed by atoms with E-state index in [0.717, 1.165) is 0 Å². The Bertz CT molecular complexity index is 605. The lowest BCUT2D eigenvalue weighted by Gasteiger charge is -2.10. The summed E-state index contributed by atoms with van der Waals surface area (Å²) in [7, 11) is 0.212. The van der Waals surface area contributed by atoms with Crippen LogP contribution in [0.4, 0.5) is 0 Å². The fourth-order valence-electron chi connectivity index (χ4n) is 1.63. The first-order valence-electron chi connectivity index (χ1n) is 6.45. The number of nitrogens with zero attached hydrogens (tertiary/aromatic N) is 1. The Kier molecular flexibility index (Phi) is 6.04. The minimum Gasteiger partial charge on any atom is -0.481 e. The lowest BCUT2D eigenvalue weighted by Crippen LogP contribution is -2.22. The minimum absolute atomic E-state index is 0.00626. The molecular weight excluding hydrogens is 294 g/mol. The van der Waals surface area contributed by atoms with Gasteiger partial charge in [-0.15, -0.1) is 0 Å². The van der Waals surface area contributed by atoms with E-state index in [1.165, 1.54) is 24.3 Å². The van der Waals surface area contributed by atoms with E-state index in [-0.39, 0.29) is 29.3 Å². The van der Waals surface area contributed by atoms with Gasteiger partial charge in [-0.2, -0.15) is 0 Å². The lowest BCUT2D eigenvalue weighted by molar-refractivity contribution is -0.136. The molecule has 0 aliphatic heterocycles. The summed E-state index contributed by atoms with van der Waals surface area (Å²) in [6, 6.07) is 5.62. The van der Waals surface area contributed by atoms with Gasteiger partial charge >= 0.3 is 5.97 Å². The third-order valence-corrected chi connectivity index (χ3v) is 4.62. The highest BCUT2D eigenvalue weighted by Crippen LogP contribution is 2.14. The van der Waals surface area contributed by atoms with E-state index in [0.29, 0.717) is 12.1 Å². The molecule has 7 heteroatoms. The van der Waals surface area contributed by atoms with Crippen molar-refractivity contribution in [1.82, 2.24) is 4.90 Å². The zero-order valence-corrected chi connectivity index (χ0v) is 12.9. The van der Waals surface area contributed by atoms with Crippen molar-refractivity contribution in [3.63, 3.8) is 0 Å². The highest BCUT2D eigenvalue weighted by atomic mass is 32.2. The van der Waals surface area contributed by atoms with E-state index in [1.807, 2.05) is 0 Å². The van der Waals surface area contributed by atoms with E-state index >= 15 is 0 Å². The Labute approximate surface area is 124 Å². The number of Topliss-reactive ketones (excluding diaryl/α,β-unsaturated/α-hetero) is 1. The molecular formula is C14H19NO5S. The Hall–Kier alpha value is -1.73. The Morgan fingerprint density at radius 1 is 1.10 bits per heavy atom. The average molecular weight is 313 g/mol. The largest absolute Gasteiger partial charge is 0.481 e. The summed E-state index contributed by atoms with van der Waals surface area (Å²) in [6.45, 7) is 0.418. The molecule has 0 saturated carbocycles. The molecule has 0 unspecified atom stereocenters. The molecule has 1 aromatic carbocycles. The fourth-order valence-corrected chi connectivity index (χ4v) is 3.03. The van der Waals surface area contributed by atoms with Gasteiger partial charge in [0, 0.05) is 18.5 Å². The topological polar surface area (TPSA) is 91.8 Å². The van der Waals surface area contributed by atoms with Crippen LogP contribution in [0.3, 0.4) is 0 Å². The SMILES string of the molecule is CN(C)CCS(=O)(=O)c1ccc(C(=O)CCC(=O)O)cc1. The summed E-state index contributed by atoms with van der Waals surface area (Å²) in [4.78, 5) is 24.1. The standard InChI is InChI=1S/C14H19NO5S/c1-15(2)9-10-21(19,20)12-5-3-11(4-6-12)13(16)7-8-14(17)18/h3-6H,7-10H2,1-2H3,(H,17,18). The number of rotatable bonds is 8. The first-order chi connectivity index (χ1) is 9.72. The maximum Gasteiger partial charge on any atom is 0.303 e. The molecule has 0 heterocycles. The lowest BCUT2D eigenvalue weighted by atomic mass is 10.1. The molecule has 21 heavy (non-hydrogen) atoms. The van der Waals surface area contributed by atoms with Crippen LogP contribution in [0.2, 0.25) is 0 Å². The van der Waals surface area contributed by atoms with Crippen molar-refractivity contribution >= 4 is 21.6 Å². The molecule has 0 aliphatic carbocycles. The molecule has 0 spiro atoms. The van der Waals surface area contributed by atoms with E-state index in [4.69, 9.17) is 5.11 Å². The van der Waals surface area contributed by atoms with E-state index in [2.05, 4.69) is 0 Å². The van der Waals surface area contributed by atoms with Crippen LogP contribution < -0.4 is 0 Å². The van der Waals surface area contributed by atoms with Gasteiger partial charge in [0.25, 0.3) is 0 Å². The number of ketones is 1. The van der Waals surface area contributed by atoms with Gasteiger partial charge in [-0.1, -0.05) is 12.1 Å². The van der Waals surface area contributed by atoms with Crippen molar-refractivity contribution in [2.45, 2.75) is 17.7 Å². The molecule has 0 bridgehead atoms. The van der Waals surface area contributed by atoms with Crippen LogP contribution in [-0.2, 0) is 14.6 Å². The maximum atomic E-state index is 12.0. The Morgan fingerprint density at radius 3 is 2.14 bits per heavy atom. The third-order valence-electron chi connectivity index (χ3n) is 2.91. The summed E-state index contributed by atoms with van der Waals surface area (Å²) in [5.41, 5.74) is 0.322. The average Bonchev–Trinajstić information content (AvgIpc) is 2.43. The number of carboxylic acids is 1. The number of hydrogen-bond acceptors (Lipinski definition) is 5. The smallest absolute Gasteiger partial charge is 0.303 e. The summed E-state index contributed by atoms with van der Waals surface area (Å²) in [5.74, 6) is -1.34. The van der Waals surface area contributed by atoms with Gasteiger partial charge in [0.1, 0.15) is 0 Å². The molecule has 116 valence electrons. The Morgan fingerprint density at radius 2 is 1.67 bits per heavy atom. The monoisotopic (exact) mass is 313 g/mol. The van der Waals surface area contributed by atoms with E-state index in [9.17, 15) is 18.0 Å². The van der Waals surface area contributed by atoms with Crippen LogP contribution in [0.5, 0.6) is 0 Å². The van der Waals surface area contributed by atoms with Crippen LogP contribution in [0.25, 0.3) is 0 Å². The molecule has 0 saturated heterocycles. The minimum atomic E-state index is -3.37. The molecule has 0 atom stereocenters. The number of benzene rings is 1. The van der Waals surface area contributed by atoms with Crippen LogP contribution >= 0.6 is 0 Å². The molecule has 6 nitrogen and oxygen atoms in total. The molecule has 0 radical (unpaired) electrons. The van der Waals surface area contributed by atoms with Crippen molar-refractivity contribution in [3.05, 3.63) is 29.8 Å². The number of sulfone groups is 1. The van der Waals surface area contributed by atoms with Crippen molar-refractivity contribution < 1.29 is 23.1 Å². The maximum absolute atomic E-state index is 12.0.